The molecule has 0 saturated carbocycles. The number of rotatable bonds is 6. The van der Waals surface area contributed by atoms with Crippen LogP contribution >= 0.6 is 0 Å². The summed E-state index contributed by atoms with van der Waals surface area (Å²) >= 11 is 0. The van der Waals surface area contributed by atoms with Crippen molar-refractivity contribution in [3.63, 3.8) is 0 Å². The second kappa shape index (κ2) is 10.8. The summed E-state index contributed by atoms with van der Waals surface area (Å²) in [5.41, 5.74) is 3.70. The number of carbonyl (C=O) groups excluding carboxylic acids is 2. The maximum Gasteiger partial charge on any atom is 0.295 e. The van der Waals surface area contributed by atoms with Gasteiger partial charge in [-0.2, -0.15) is 0 Å². The van der Waals surface area contributed by atoms with E-state index in [4.69, 9.17) is 9.47 Å². The number of Topliss-reactive ketones (excluding diaryl/α,β-unsaturated/α-hetero) is 1. The first-order chi connectivity index (χ1) is 18.8. The van der Waals surface area contributed by atoms with Crippen molar-refractivity contribution in [1.82, 2.24) is 4.90 Å². The Morgan fingerprint density at radius 3 is 2.02 bits per heavy atom. The Hall–Kier alpha value is -4.06. The summed E-state index contributed by atoms with van der Waals surface area (Å²) in [5.74, 6) is -0.280. The van der Waals surface area contributed by atoms with Gasteiger partial charge in [0.2, 0.25) is 0 Å². The molecule has 0 spiro atoms. The van der Waals surface area contributed by atoms with Gasteiger partial charge in [-0.25, -0.2) is 0 Å². The summed E-state index contributed by atoms with van der Waals surface area (Å²) in [4.78, 5) is 28.7. The van der Waals surface area contributed by atoms with Gasteiger partial charge in [0.15, 0.2) is 0 Å². The molecule has 40 heavy (non-hydrogen) atoms. The average Bonchev–Trinajstić information content (AvgIpc) is 3.16. The molecule has 3 aromatic carbocycles. The number of hydrogen-bond donors (Lipinski definition) is 1. The summed E-state index contributed by atoms with van der Waals surface area (Å²) in [7, 11) is 3.18. The predicted octanol–water partition coefficient (Wildman–Crippen LogP) is 6.92. The lowest BCUT2D eigenvalue weighted by Gasteiger charge is -2.27. The molecule has 0 radical (unpaired) electrons. The zero-order valence-electron chi connectivity index (χ0n) is 24.7. The summed E-state index contributed by atoms with van der Waals surface area (Å²) in [6, 6.07) is 19.9. The molecule has 1 aliphatic heterocycles. The number of ketones is 1. The number of hydrogen-bond acceptors (Lipinski definition) is 5. The van der Waals surface area contributed by atoms with Gasteiger partial charge in [0, 0.05) is 16.7 Å². The Morgan fingerprint density at radius 1 is 0.825 bits per heavy atom. The molecule has 1 amide bonds. The normalized spacial score (nSPS) is 17.3. The Bertz CT molecular complexity index is 1450. The molecule has 4 rings (SSSR count). The van der Waals surface area contributed by atoms with Gasteiger partial charge in [-0.1, -0.05) is 84.0 Å². The van der Waals surface area contributed by atoms with Crippen molar-refractivity contribution in [2.45, 2.75) is 65.0 Å². The minimum atomic E-state index is -0.779. The van der Waals surface area contributed by atoms with E-state index < -0.39 is 17.7 Å². The number of nitrogens with zero attached hydrogens (tertiary/aromatic N) is 1. The van der Waals surface area contributed by atoms with E-state index in [0.717, 1.165) is 22.3 Å². The molecule has 210 valence electrons. The molecule has 6 heteroatoms. The fourth-order valence-corrected chi connectivity index (χ4v) is 5.17. The van der Waals surface area contributed by atoms with Gasteiger partial charge in [0.25, 0.3) is 11.7 Å². The molecule has 0 aliphatic carbocycles. The first kappa shape index (κ1) is 28.9. The number of carbonyl (C=O) groups is 2. The molecule has 0 aromatic heterocycles. The van der Waals surface area contributed by atoms with Gasteiger partial charge in [-0.3, -0.25) is 9.59 Å². The fraction of sp³-hybridized carbons (Fsp3) is 0.353. The number of amides is 1. The topological polar surface area (TPSA) is 76.1 Å². The molecular weight excluding hydrogens is 502 g/mol. The van der Waals surface area contributed by atoms with Crippen molar-refractivity contribution in [2.24, 2.45) is 0 Å². The maximum atomic E-state index is 13.6. The number of methoxy groups -OCH3 is 2. The van der Waals surface area contributed by atoms with Crippen LogP contribution in [0.15, 0.2) is 72.3 Å². The van der Waals surface area contributed by atoms with Crippen LogP contribution in [0.25, 0.3) is 5.76 Å². The van der Waals surface area contributed by atoms with Crippen LogP contribution in [-0.2, 0) is 27.0 Å². The van der Waals surface area contributed by atoms with Crippen LogP contribution in [0.2, 0.25) is 0 Å². The van der Waals surface area contributed by atoms with Crippen molar-refractivity contribution < 1.29 is 24.2 Å². The van der Waals surface area contributed by atoms with Crippen molar-refractivity contribution in [3.8, 4) is 11.5 Å². The molecule has 1 N–H and O–H groups in total. The van der Waals surface area contributed by atoms with E-state index in [1.807, 2.05) is 54.6 Å². The van der Waals surface area contributed by atoms with Gasteiger partial charge < -0.3 is 19.5 Å². The molecule has 1 aliphatic rings. The molecule has 1 saturated heterocycles. The zero-order valence-corrected chi connectivity index (χ0v) is 24.7. The van der Waals surface area contributed by atoms with E-state index in [-0.39, 0.29) is 28.7 Å². The average molecular weight is 542 g/mol. The van der Waals surface area contributed by atoms with E-state index in [2.05, 4.69) is 41.5 Å². The highest BCUT2D eigenvalue weighted by atomic mass is 16.5. The minimum absolute atomic E-state index is 0.0634. The van der Waals surface area contributed by atoms with E-state index >= 15 is 0 Å². The third-order valence-electron chi connectivity index (χ3n) is 7.45. The van der Waals surface area contributed by atoms with Crippen molar-refractivity contribution in [1.29, 1.82) is 0 Å². The van der Waals surface area contributed by atoms with Gasteiger partial charge in [0.05, 0.1) is 32.4 Å². The van der Waals surface area contributed by atoms with E-state index in [0.29, 0.717) is 17.1 Å². The Labute approximate surface area is 237 Å². The van der Waals surface area contributed by atoms with Crippen LogP contribution in [0, 0.1) is 0 Å². The van der Waals surface area contributed by atoms with E-state index in [1.54, 1.807) is 26.4 Å². The fourth-order valence-electron chi connectivity index (χ4n) is 5.17. The molecule has 0 bridgehead atoms. The molecule has 1 fully saturated rings. The van der Waals surface area contributed by atoms with Gasteiger partial charge in [0.1, 0.15) is 17.3 Å². The highest BCUT2D eigenvalue weighted by Crippen LogP contribution is 2.42. The van der Waals surface area contributed by atoms with Crippen molar-refractivity contribution in [3.05, 3.63) is 100 Å². The molecule has 1 atom stereocenters. The monoisotopic (exact) mass is 541 g/mol. The summed E-state index contributed by atoms with van der Waals surface area (Å²) in [6.45, 7) is 12.7. The number of para-hydroxylation sites is 1. The lowest BCUT2D eigenvalue weighted by molar-refractivity contribution is -0.140. The summed E-state index contributed by atoms with van der Waals surface area (Å²) in [5, 5.41) is 11.7. The first-order valence-corrected chi connectivity index (χ1v) is 13.5. The van der Waals surface area contributed by atoms with Crippen LogP contribution in [0.5, 0.6) is 11.5 Å². The number of likely N-dealkylation sites (tertiary alicyclic amines) is 1. The highest BCUT2D eigenvalue weighted by Gasteiger charge is 2.46. The number of ether oxygens (including phenoxy) is 2. The summed E-state index contributed by atoms with van der Waals surface area (Å²) < 4.78 is 11.1. The lowest BCUT2D eigenvalue weighted by Crippen LogP contribution is -2.29. The Balaban J connectivity index is 1.91. The van der Waals surface area contributed by atoms with Gasteiger partial charge in [-0.05, 0) is 46.2 Å². The highest BCUT2D eigenvalue weighted by molar-refractivity contribution is 6.46. The molecule has 6 nitrogen and oxygen atoms in total. The Morgan fingerprint density at radius 2 is 1.45 bits per heavy atom. The van der Waals surface area contributed by atoms with Crippen LogP contribution in [0.3, 0.4) is 0 Å². The van der Waals surface area contributed by atoms with Crippen LogP contribution in [0.1, 0.15) is 75.4 Å². The number of aliphatic hydroxyl groups excluding tert-OH is 1. The van der Waals surface area contributed by atoms with Gasteiger partial charge in [-0.15, -0.1) is 0 Å². The van der Waals surface area contributed by atoms with Crippen LogP contribution < -0.4 is 9.47 Å². The summed E-state index contributed by atoms with van der Waals surface area (Å²) in [6.07, 6.45) is 0. The van der Waals surface area contributed by atoms with Crippen molar-refractivity contribution in [2.75, 3.05) is 14.2 Å². The first-order valence-electron chi connectivity index (χ1n) is 13.5. The third kappa shape index (κ3) is 5.48. The number of benzene rings is 3. The quantitative estimate of drug-likeness (QED) is 0.208. The maximum absolute atomic E-state index is 13.6. The molecular formula is C34H39NO5. The van der Waals surface area contributed by atoms with E-state index in [9.17, 15) is 14.7 Å². The van der Waals surface area contributed by atoms with E-state index in [1.165, 1.54) is 4.90 Å². The molecule has 1 heterocycles. The van der Waals surface area contributed by atoms with Crippen LogP contribution in [0.4, 0.5) is 0 Å². The van der Waals surface area contributed by atoms with Crippen molar-refractivity contribution >= 4 is 17.4 Å². The molecule has 1 unspecified atom stereocenters. The van der Waals surface area contributed by atoms with Crippen LogP contribution in [-0.4, -0.2) is 35.9 Å². The minimum Gasteiger partial charge on any atom is -0.507 e. The third-order valence-corrected chi connectivity index (χ3v) is 7.45. The lowest BCUT2D eigenvalue weighted by atomic mass is 9.84. The second-order valence-electron chi connectivity index (χ2n) is 12.3. The predicted molar refractivity (Wildman–Crippen MR) is 158 cm³/mol. The van der Waals surface area contributed by atoms with Gasteiger partial charge >= 0.3 is 0 Å². The largest absolute Gasteiger partial charge is 0.507 e. The smallest absolute Gasteiger partial charge is 0.295 e. The zero-order chi connectivity index (χ0) is 29.4. The Kier molecular flexibility index (Phi) is 7.84. The standard InChI is InChI=1S/C34H39NO5/c1-33(2,3)24-16-13-21(14-17-24)29-28(30(36)22-15-18-27(40-8)25(19-22)34(4,5)6)31(37)32(38)35(29)20-23-11-9-10-12-26(23)39-7/h9-19,29,36H,20H2,1-8H3/b30-28-. The SMILES string of the molecule is COc1ccccc1CN1C(=O)C(=O)/C(=C(\O)c2ccc(OC)c(C(C)(C)C)c2)C1c1ccc(C(C)(C)C)cc1. The second-order valence-corrected chi connectivity index (χ2v) is 12.3. The number of aliphatic hydroxyl groups is 1. The molecule has 3 aromatic rings.